The Morgan fingerprint density at radius 2 is 1.49 bits per heavy atom. The minimum atomic E-state index is -1.47. The third-order valence-corrected chi connectivity index (χ3v) is 5.45. The van der Waals surface area contributed by atoms with Crippen LogP contribution in [0.15, 0.2) is 24.3 Å². The van der Waals surface area contributed by atoms with Gasteiger partial charge in [-0.2, -0.15) is 11.8 Å². The highest BCUT2D eigenvalue weighted by atomic mass is 32.2. The molecule has 0 fully saturated rings. The monoisotopic (exact) mass is 513 g/mol. The molecule has 14 heteroatoms. The third-order valence-electron chi connectivity index (χ3n) is 4.81. The Hall–Kier alpha value is -3.36. The molecule has 4 amide bonds. The number of nitrogens with two attached hydrogens (primary N) is 2. The van der Waals surface area contributed by atoms with Gasteiger partial charge in [-0.05, 0) is 36.1 Å². The van der Waals surface area contributed by atoms with Crippen LogP contribution in [-0.4, -0.2) is 87.7 Å². The van der Waals surface area contributed by atoms with Gasteiger partial charge in [0.2, 0.25) is 23.6 Å². The SMILES string of the molecule is CSCCC(NC(=O)C(CO)NC(=O)C(N)CC(N)=O)C(=O)NC(Cc1ccc(O)cc1)C(=O)O. The average molecular weight is 514 g/mol. The molecule has 4 atom stereocenters. The van der Waals surface area contributed by atoms with Gasteiger partial charge >= 0.3 is 5.97 Å². The number of benzene rings is 1. The molecule has 1 rings (SSSR count). The highest BCUT2D eigenvalue weighted by molar-refractivity contribution is 7.98. The molecule has 0 aliphatic carbocycles. The van der Waals surface area contributed by atoms with Crippen LogP contribution < -0.4 is 27.4 Å². The number of rotatable bonds is 15. The van der Waals surface area contributed by atoms with E-state index in [0.717, 1.165) is 0 Å². The highest BCUT2D eigenvalue weighted by Gasteiger charge is 2.30. The summed E-state index contributed by atoms with van der Waals surface area (Å²) >= 11 is 1.39. The van der Waals surface area contributed by atoms with E-state index in [4.69, 9.17) is 11.5 Å². The van der Waals surface area contributed by atoms with Crippen LogP contribution >= 0.6 is 11.8 Å². The van der Waals surface area contributed by atoms with Gasteiger partial charge in [0.1, 0.15) is 23.9 Å². The number of carboxylic acids is 1. The number of carboxylic acid groups (broad SMARTS) is 1. The number of primary amides is 1. The number of nitrogens with one attached hydrogen (secondary N) is 3. The zero-order valence-electron chi connectivity index (χ0n) is 19.1. The fourth-order valence-corrected chi connectivity index (χ4v) is 3.37. The number of aliphatic carboxylic acids is 1. The van der Waals surface area contributed by atoms with E-state index >= 15 is 0 Å². The Labute approximate surface area is 206 Å². The van der Waals surface area contributed by atoms with Crippen molar-refractivity contribution in [2.45, 2.75) is 43.4 Å². The van der Waals surface area contributed by atoms with E-state index in [2.05, 4.69) is 16.0 Å². The number of hydrogen-bond donors (Lipinski definition) is 8. The molecule has 4 unspecified atom stereocenters. The standard InChI is InChI=1S/C21H31N5O8S/c1-35-7-6-14(24-20(32)16(10-27)26-18(30)13(22)9-17(23)29)19(31)25-15(21(33)34)8-11-2-4-12(28)5-3-11/h2-5,13-16,27-28H,6-10,22H2,1H3,(H2,23,29)(H,24,32)(H,25,31)(H,26,30)(H,33,34). The van der Waals surface area contributed by atoms with Crippen LogP contribution in [0.3, 0.4) is 0 Å². The van der Waals surface area contributed by atoms with Gasteiger partial charge in [-0.25, -0.2) is 4.79 Å². The number of phenols is 1. The number of hydrogen-bond acceptors (Lipinski definition) is 9. The molecular weight excluding hydrogens is 482 g/mol. The van der Waals surface area contributed by atoms with Crippen LogP contribution in [0.2, 0.25) is 0 Å². The molecule has 0 bridgehead atoms. The molecule has 0 aliphatic heterocycles. The number of aromatic hydroxyl groups is 1. The van der Waals surface area contributed by atoms with Gasteiger partial charge in [0.05, 0.1) is 19.1 Å². The summed E-state index contributed by atoms with van der Waals surface area (Å²) < 4.78 is 0. The lowest BCUT2D eigenvalue weighted by Crippen LogP contribution is -2.58. The van der Waals surface area contributed by atoms with Gasteiger partial charge in [0.25, 0.3) is 0 Å². The number of carbonyl (C=O) groups excluding carboxylic acids is 4. The second-order valence-corrected chi connectivity index (χ2v) is 8.62. The van der Waals surface area contributed by atoms with Gasteiger partial charge in [-0.3, -0.25) is 19.2 Å². The van der Waals surface area contributed by atoms with Crippen LogP contribution in [0.1, 0.15) is 18.4 Å². The van der Waals surface area contributed by atoms with Gasteiger partial charge < -0.3 is 42.7 Å². The molecule has 10 N–H and O–H groups in total. The molecule has 35 heavy (non-hydrogen) atoms. The van der Waals surface area contributed by atoms with E-state index in [0.29, 0.717) is 11.3 Å². The Kier molecular flexibility index (Phi) is 12.6. The van der Waals surface area contributed by atoms with Crippen molar-refractivity contribution in [1.29, 1.82) is 0 Å². The maximum absolute atomic E-state index is 12.8. The van der Waals surface area contributed by atoms with E-state index in [-0.39, 0.29) is 18.6 Å². The molecule has 13 nitrogen and oxygen atoms in total. The Morgan fingerprint density at radius 3 is 2.00 bits per heavy atom. The van der Waals surface area contributed by atoms with E-state index < -0.39 is 66.8 Å². The van der Waals surface area contributed by atoms with Crippen LogP contribution in [0, 0.1) is 0 Å². The quantitative estimate of drug-likeness (QED) is 0.122. The van der Waals surface area contributed by atoms with E-state index in [9.17, 15) is 39.3 Å². The van der Waals surface area contributed by atoms with Crippen molar-refractivity contribution in [2.75, 3.05) is 18.6 Å². The van der Waals surface area contributed by atoms with Crippen LogP contribution in [0.25, 0.3) is 0 Å². The third kappa shape index (κ3) is 10.6. The average Bonchev–Trinajstić information content (AvgIpc) is 2.79. The fourth-order valence-electron chi connectivity index (χ4n) is 2.90. The lowest BCUT2D eigenvalue weighted by molar-refractivity contribution is -0.142. The molecule has 0 spiro atoms. The topological polar surface area (TPSA) is 234 Å². The van der Waals surface area contributed by atoms with Crippen molar-refractivity contribution in [3.63, 3.8) is 0 Å². The minimum absolute atomic E-state index is 0.00520. The Morgan fingerprint density at radius 1 is 0.943 bits per heavy atom. The van der Waals surface area contributed by atoms with Crippen molar-refractivity contribution in [1.82, 2.24) is 16.0 Å². The van der Waals surface area contributed by atoms with Crippen molar-refractivity contribution < 1.29 is 39.3 Å². The highest BCUT2D eigenvalue weighted by Crippen LogP contribution is 2.12. The molecule has 1 aromatic rings. The molecule has 0 radical (unpaired) electrons. The summed E-state index contributed by atoms with van der Waals surface area (Å²) in [6.07, 6.45) is 1.37. The zero-order valence-corrected chi connectivity index (χ0v) is 19.9. The maximum Gasteiger partial charge on any atom is 0.326 e. The van der Waals surface area contributed by atoms with Crippen molar-refractivity contribution in [2.24, 2.45) is 11.5 Å². The van der Waals surface area contributed by atoms with E-state index in [1.165, 1.54) is 36.0 Å². The van der Waals surface area contributed by atoms with E-state index in [1.807, 2.05) is 0 Å². The Balaban J connectivity index is 2.89. The molecule has 0 saturated carbocycles. The molecule has 0 heterocycles. The van der Waals surface area contributed by atoms with Crippen molar-refractivity contribution >= 4 is 41.4 Å². The Bertz CT molecular complexity index is 898. The number of phenolic OH excluding ortho intramolecular Hbond substituents is 1. The van der Waals surface area contributed by atoms with Gasteiger partial charge in [-0.1, -0.05) is 12.1 Å². The number of amides is 4. The van der Waals surface area contributed by atoms with Crippen LogP contribution in [0.5, 0.6) is 5.75 Å². The van der Waals surface area contributed by atoms with Crippen LogP contribution in [-0.2, 0) is 30.4 Å². The first-order valence-electron chi connectivity index (χ1n) is 10.5. The number of carbonyl (C=O) groups is 5. The zero-order chi connectivity index (χ0) is 26.5. The summed E-state index contributed by atoms with van der Waals surface area (Å²) in [6.45, 7) is -0.823. The van der Waals surface area contributed by atoms with Crippen LogP contribution in [0.4, 0.5) is 0 Å². The summed E-state index contributed by atoms with van der Waals surface area (Å²) in [5.41, 5.74) is 11.1. The second kappa shape index (κ2) is 14.8. The summed E-state index contributed by atoms with van der Waals surface area (Å²) in [4.78, 5) is 60.2. The second-order valence-electron chi connectivity index (χ2n) is 7.63. The van der Waals surface area contributed by atoms with Gasteiger partial charge in [0.15, 0.2) is 0 Å². The lowest BCUT2D eigenvalue weighted by atomic mass is 10.0. The first kappa shape index (κ1) is 29.7. The minimum Gasteiger partial charge on any atom is -0.508 e. The van der Waals surface area contributed by atoms with Gasteiger partial charge in [-0.15, -0.1) is 0 Å². The normalized spacial score (nSPS) is 14.1. The first-order chi connectivity index (χ1) is 16.5. The van der Waals surface area contributed by atoms with Crippen molar-refractivity contribution in [3.8, 4) is 5.75 Å². The van der Waals surface area contributed by atoms with Gasteiger partial charge in [0, 0.05) is 6.42 Å². The molecular formula is C21H31N5O8S. The number of aliphatic hydroxyl groups excluding tert-OH is 1. The fraction of sp³-hybridized carbons (Fsp3) is 0.476. The molecule has 0 aromatic heterocycles. The molecule has 194 valence electrons. The predicted molar refractivity (Wildman–Crippen MR) is 127 cm³/mol. The molecule has 0 aliphatic rings. The summed E-state index contributed by atoms with van der Waals surface area (Å²) in [5.74, 6) is -4.26. The number of aliphatic hydroxyl groups is 1. The van der Waals surface area contributed by atoms with Crippen molar-refractivity contribution in [3.05, 3.63) is 29.8 Å². The number of thioether (sulfide) groups is 1. The maximum atomic E-state index is 12.8. The largest absolute Gasteiger partial charge is 0.508 e. The predicted octanol–water partition coefficient (Wildman–Crippen LogP) is -2.58. The molecule has 0 saturated heterocycles. The summed E-state index contributed by atoms with van der Waals surface area (Å²) in [7, 11) is 0. The summed E-state index contributed by atoms with van der Waals surface area (Å²) in [6, 6.07) is 0.512. The summed E-state index contributed by atoms with van der Waals surface area (Å²) in [5, 5.41) is 35.4. The lowest BCUT2D eigenvalue weighted by Gasteiger charge is -2.24. The van der Waals surface area contributed by atoms with E-state index in [1.54, 1.807) is 6.26 Å². The molecule has 1 aromatic carbocycles. The first-order valence-corrected chi connectivity index (χ1v) is 11.9. The smallest absolute Gasteiger partial charge is 0.326 e.